The van der Waals surface area contributed by atoms with Gasteiger partial charge in [-0.3, -0.25) is 4.79 Å². The van der Waals surface area contributed by atoms with Crippen LogP contribution in [0.3, 0.4) is 0 Å². The van der Waals surface area contributed by atoms with Crippen molar-refractivity contribution in [2.45, 2.75) is 33.1 Å². The van der Waals surface area contributed by atoms with E-state index in [0.717, 1.165) is 19.3 Å². The molecule has 0 saturated carbocycles. The van der Waals surface area contributed by atoms with Gasteiger partial charge in [0, 0.05) is 7.34 Å². The van der Waals surface area contributed by atoms with Crippen LogP contribution in [0.15, 0.2) is 0 Å². The smallest absolute Gasteiger partial charge is 0.220 e. The molecule has 0 aliphatic carbocycles. The van der Waals surface area contributed by atoms with Crippen molar-refractivity contribution in [3.63, 3.8) is 0 Å². The highest BCUT2D eigenvalue weighted by Crippen LogP contribution is 2.05. The first-order valence-electron chi connectivity index (χ1n) is 3.47. The lowest BCUT2D eigenvalue weighted by molar-refractivity contribution is -0.121. The Labute approximate surface area is 57.9 Å². The van der Waals surface area contributed by atoms with Crippen molar-refractivity contribution >= 4 is 5.91 Å². The zero-order chi connectivity index (χ0) is 7.28. The molecule has 0 spiro atoms. The second kappa shape index (κ2) is 4.36. The van der Waals surface area contributed by atoms with Gasteiger partial charge in [-0.05, 0) is 6.42 Å². The highest BCUT2D eigenvalue weighted by atomic mass is 16.1. The molecule has 0 aromatic carbocycles. The SMILES string of the molecule is CCCCC(C)C(N)=O.[HH]. The molecule has 1 amide bonds. The molecule has 56 valence electrons. The van der Waals surface area contributed by atoms with Crippen LogP contribution in [0.1, 0.15) is 34.5 Å². The van der Waals surface area contributed by atoms with E-state index in [2.05, 4.69) is 6.92 Å². The third-order valence-electron chi connectivity index (χ3n) is 1.48. The molecule has 0 aromatic rings. The first kappa shape index (κ1) is 8.47. The van der Waals surface area contributed by atoms with Crippen molar-refractivity contribution in [3.8, 4) is 0 Å². The van der Waals surface area contributed by atoms with E-state index < -0.39 is 0 Å². The number of amides is 1. The highest BCUT2D eigenvalue weighted by molar-refractivity contribution is 5.76. The molecule has 0 radical (unpaired) electrons. The third kappa shape index (κ3) is 4.01. The predicted octanol–water partition coefficient (Wildman–Crippen LogP) is 1.54. The van der Waals surface area contributed by atoms with Crippen LogP contribution < -0.4 is 5.73 Å². The molecule has 0 aromatic heterocycles. The van der Waals surface area contributed by atoms with Gasteiger partial charge in [-0.1, -0.05) is 26.7 Å². The summed E-state index contributed by atoms with van der Waals surface area (Å²) < 4.78 is 0. The van der Waals surface area contributed by atoms with Gasteiger partial charge in [0.2, 0.25) is 5.91 Å². The fourth-order valence-corrected chi connectivity index (χ4v) is 0.653. The van der Waals surface area contributed by atoms with Crippen LogP contribution in [0.25, 0.3) is 0 Å². The summed E-state index contributed by atoms with van der Waals surface area (Å²) in [5.41, 5.74) is 5.04. The summed E-state index contributed by atoms with van der Waals surface area (Å²) in [4.78, 5) is 10.4. The van der Waals surface area contributed by atoms with Gasteiger partial charge in [-0.25, -0.2) is 0 Å². The average molecular weight is 131 g/mol. The van der Waals surface area contributed by atoms with E-state index in [1.165, 1.54) is 0 Å². The van der Waals surface area contributed by atoms with Gasteiger partial charge >= 0.3 is 0 Å². The van der Waals surface area contributed by atoms with Gasteiger partial charge in [-0.15, -0.1) is 0 Å². The fraction of sp³-hybridized carbons (Fsp3) is 0.857. The molecule has 1 atom stereocenters. The maximum Gasteiger partial charge on any atom is 0.220 e. The van der Waals surface area contributed by atoms with E-state index in [-0.39, 0.29) is 13.3 Å². The number of carbonyl (C=O) groups is 1. The lowest BCUT2D eigenvalue weighted by atomic mass is 10.0. The molecular weight excluding hydrogens is 114 g/mol. The van der Waals surface area contributed by atoms with Gasteiger partial charge < -0.3 is 5.73 Å². The number of nitrogens with two attached hydrogens (primary N) is 1. The van der Waals surface area contributed by atoms with Crippen molar-refractivity contribution in [3.05, 3.63) is 0 Å². The second-order valence-electron chi connectivity index (χ2n) is 2.45. The van der Waals surface area contributed by atoms with E-state index in [1.54, 1.807) is 0 Å². The van der Waals surface area contributed by atoms with Crippen LogP contribution in [0, 0.1) is 5.92 Å². The van der Waals surface area contributed by atoms with Crippen LogP contribution >= 0.6 is 0 Å². The van der Waals surface area contributed by atoms with Gasteiger partial charge in [0.05, 0.1) is 0 Å². The summed E-state index contributed by atoms with van der Waals surface area (Å²) in [6, 6.07) is 0. The summed E-state index contributed by atoms with van der Waals surface area (Å²) in [6.45, 7) is 3.98. The van der Waals surface area contributed by atoms with E-state index >= 15 is 0 Å². The average Bonchev–Trinajstić information content (AvgIpc) is 1.82. The number of rotatable bonds is 4. The normalized spacial score (nSPS) is 13.1. The molecule has 0 bridgehead atoms. The summed E-state index contributed by atoms with van der Waals surface area (Å²) >= 11 is 0. The Bertz CT molecular complexity index is 95.6. The summed E-state index contributed by atoms with van der Waals surface area (Å²) in [6.07, 6.45) is 3.17. The number of unbranched alkanes of at least 4 members (excludes halogenated alkanes) is 1. The van der Waals surface area contributed by atoms with Crippen LogP contribution in [-0.4, -0.2) is 5.91 Å². The minimum Gasteiger partial charge on any atom is -0.369 e. The molecule has 0 rings (SSSR count). The van der Waals surface area contributed by atoms with Crippen molar-refractivity contribution in [2.24, 2.45) is 11.7 Å². The van der Waals surface area contributed by atoms with Crippen molar-refractivity contribution in [1.82, 2.24) is 0 Å². The maximum atomic E-state index is 10.4. The molecule has 0 aliphatic rings. The number of hydrogen-bond donors (Lipinski definition) is 1. The Hall–Kier alpha value is -0.530. The molecule has 2 heteroatoms. The van der Waals surface area contributed by atoms with Gasteiger partial charge in [0.25, 0.3) is 0 Å². The molecule has 0 aliphatic heterocycles. The van der Waals surface area contributed by atoms with Crippen molar-refractivity contribution in [2.75, 3.05) is 0 Å². The molecule has 1 unspecified atom stereocenters. The standard InChI is InChI=1S/C7H15NO.H2/c1-3-4-5-6(2)7(8)9;/h6H,3-5H2,1-2H3,(H2,8,9);1H. The highest BCUT2D eigenvalue weighted by Gasteiger charge is 2.05. The molecular formula is C7H17NO. The van der Waals surface area contributed by atoms with Crippen LogP contribution in [-0.2, 0) is 4.79 Å². The van der Waals surface area contributed by atoms with E-state index in [9.17, 15) is 4.79 Å². The summed E-state index contributed by atoms with van der Waals surface area (Å²) in [7, 11) is 0. The maximum absolute atomic E-state index is 10.4. The Morgan fingerprint density at radius 3 is 2.67 bits per heavy atom. The van der Waals surface area contributed by atoms with Gasteiger partial charge in [0.1, 0.15) is 0 Å². The molecule has 0 saturated heterocycles. The predicted molar refractivity (Wildman–Crippen MR) is 40.0 cm³/mol. The topological polar surface area (TPSA) is 43.1 Å². The number of primary amides is 1. The minimum atomic E-state index is -0.177. The van der Waals surface area contributed by atoms with E-state index in [0.29, 0.717) is 0 Å². The summed E-state index contributed by atoms with van der Waals surface area (Å²) in [5.74, 6) is -0.117. The number of hydrogen-bond acceptors (Lipinski definition) is 1. The lowest BCUT2D eigenvalue weighted by Gasteiger charge is -2.03. The quantitative estimate of drug-likeness (QED) is 0.618. The second-order valence-corrected chi connectivity index (χ2v) is 2.45. The van der Waals surface area contributed by atoms with E-state index in [1.807, 2.05) is 6.92 Å². The van der Waals surface area contributed by atoms with Crippen LogP contribution in [0.5, 0.6) is 0 Å². The Balaban J connectivity index is 0. The van der Waals surface area contributed by atoms with Gasteiger partial charge in [-0.2, -0.15) is 0 Å². The Morgan fingerprint density at radius 2 is 2.33 bits per heavy atom. The molecule has 2 N–H and O–H groups in total. The monoisotopic (exact) mass is 131 g/mol. The zero-order valence-electron chi connectivity index (χ0n) is 6.18. The minimum absolute atomic E-state index is 0. The fourth-order valence-electron chi connectivity index (χ4n) is 0.653. The molecule has 0 heterocycles. The third-order valence-corrected chi connectivity index (χ3v) is 1.48. The molecule has 9 heavy (non-hydrogen) atoms. The van der Waals surface area contributed by atoms with Crippen molar-refractivity contribution in [1.29, 1.82) is 0 Å². The lowest BCUT2D eigenvalue weighted by Crippen LogP contribution is -2.20. The largest absolute Gasteiger partial charge is 0.369 e. The van der Waals surface area contributed by atoms with Gasteiger partial charge in [0.15, 0.2) is 0 Å². The van der Waals surface area contributed by atoms with Crippen LogP contribution in [0.4, 0.5) is 0 Å². The Kier molecular flexibility index (Phi) is 4.10. The molecule has 0 fully saturated rings. The summed E-state index contributed by atoms with van der Waals surface area (Å²) in [5, 5.41) is 0. The first-order valence-corrected chi connectivity index (χ1v) is 3.47. The molecule has 2 nitrogen and oxygen atoms in total. The Morgan fingerprint density at radius 1 is 1.78 bits per heavy atom. The van der Waals surface area contributed by atoms with E-state index in [4.69, 9.17) is 5.73 Å². The van der Waals surface area contributed by atoms with Crippen LogP contribution in [0.2, 0.25) is 0 Å². The first-order chi connectivity index (χ1) is 4.18. The van der Waals surface area contributed by atoms with Crippen molar-refractivity contribution < 1.29 is 6.22 Å². The number of carbonyl (C=O) groups excluding carboxylic acids is 1. The zero-order valence-corrected chi connectivity index (χ0v) is 6.18.